The van der Waals surface area contributed by atoms with E-state index in [1.807, 2.05) is 0 Å². The molecule has 0 saturated carbocycles. The number of benzene rings is 1. The van der Waals surface area contributed by atoms with E-state index in [-0.39, 0.29) is 11.4 Å². The molecule has 1 rings (SSSR count). The molecule has 0 spiro atoms. The van der Waals surface area contributed by atoms with Crippen LogP contribution >= 0.6 is 11.8 Å². The molecule has 4 heteroatoms. The van der Waals surface area contributed by atoms with Gasteiger partial charge >= 0.3 is 0 Å². The van der Waals surface area contributed by atoms with E-state index in [0.717, 1.165) is 5.75 Å². The minimum atomic E-state index is -1.04. The molecule has 1 aromatic rings. The molecule has 0 unspecified atom stereocenters. The van der Waals surface area contributed by atoms with Gasteiger partial charge in [-0.1, -0.05) is 25.7 Å². The van der Waals surface area contributed by atoms with Crippen molar-refractivity contribution >= 4 is 19.8 Å². The Balaban J connectivity index is 2.55. The number of aryl methyl sites for hydroxylation is 1. The van der Waals surface area contributed by atoms with Crippen molar-refractivity contribution < 1.29 is 8.78 Å². The number of hydrogen-bond donors (Lipinski definition) is 0. The predicted molar refractivity (Wildman–Crippen MR) is 75.4 cm³/mol. The first kappa shape index (κ1) is 14.7. The first-order chi connectivity index (χ1) is 7.81. The van der Waals surface area contributed by atoms with Crippen molar-refractivity contribution in [2.45, 2.75) is 38.4 Å². The Morgan fingerprint density at radius 2 is 1.82 bits per heavy atom. The van der Waals surface area contributed by atoms with E-state index in [9.17, 15) is 8.78 Å². The maximum atomic E-state index is 13.7. The maximum Gasteiger partial charge on any atom is 0.133 e. The Kier molecular flexibility index (Phi) is 5.19. The highest BCUT2D eigenvalue weighted by atomic mass is 32.2. The molecule has 0 heterocycles. The summed E-state index contributed by atoms with van der Waals surface area (Å²) in [6, 6.07) is 4.03. The summed E-state index contributed by atoms with van der Waals surface area (Å²) < 4.78 is 27.1. The topological polar surface area (TPSA) is 0 Å². The molecular weight excluding hydrogens is 254 g/mol. The zero-order valence-corrected chi connectivity index (χ0v) is 12.8. The lowest BCUT2D eigenvalue weighted by atomic mass is 10.1. The van der Waals surface area contributed by atoms with Crippen molar-refractivity contribution in [3.8, 4) is 0 Å². The van der Waals surface area contributed by atoms with Gasteiger partial charge in [-0.3, -0.25) is 0 Å². The van der Waals surface area contributed by atoms with Gasteiger partial charge in [0.05, 0.1) is 0 Å². The normalized spacial score (nSPS) is 11.9. The third kappa shape index (κ3) is 4.80. The van der Waals surface area contributed by atoms with E-state index in [1.165, 1.54) is 18.2 Å². The molecule has 0 N–H and O–H groups in total. The number of thioether (sulfide) groups is 1. The zero-order valence-electron chi connectivity index (χ0n) is 10.9. The molecule has 17 heavy (non-hydrogen) atoms. The zero-order chi connectivity index (χ0) is 13.1. The van der Waals surface area contributed by atoms with Gasteiger partial charge in [-0.2, -0.15) is 11.8 Å². The molecule has 0 atom stereocenters. The maximum absolute atomic E-state index is 13.7. The number of hydrogen-bond acceptors (Lipinski definition) is 1. The molecule has 0 nitrogen and oxygen atoms in total. The molecular formula is C13H20F2SSi. The van der Waals surface area contributed by atoms with E-state index >= 15 is 0 Å². The van der Waals surface area contributed by atoms with E-state index in [4.69, 9.17) is 0 Å². The van der Waals surface area contributed by atoms with E-state index < -0.39 is 13.9 Å². The Labute approximate surface area is 108 Å². The molecule has 0 radical (unpaired) electrons. The fourth-order valence-corrected chi connectivity index (χ4v) is 5.04. The van der Waals surface area contributed by atoms with Crippen LogP contribution in [0.5, 0.6) is 0 Å². The lowest BCUT2D eigenvalue weighted by Gasteiger charge is -2.15. The van der Waals surface area contributed by atoms with Crippen molar-refractivity contribution in [1.82, 2.24) is 0 Å². The second kappa shape index (κ2) is 6.00. The van der Waals surface area contributed by atoms with Crippen molar-refractivity contribution in [2.75, 3.05) is 5.75 Å². The van der Waals surface area contributed by atoms with Crippen LogP contribution in [0.25, 0.3) is 0 Å². The second-order valence-corrected chi connectivity index (χ2v) is 12.2. The van der Waals surface area contributed by atoms with Crippen LogP contribution < -0.4 is 0 Å². The largest absolute Gasteiger partial charge is 0.207 e. The summed E-state index contributed by atoms with van der Waals surface area (Å²) in [5, 5.41) is 0. The van der Waals surface area contributed by atoms with Gasteiger partial charge < -0.3 is 0 Å². The lowest BCUT2D eigenvalue weighted by molar-refractivity contribution is 0.560. The molecule has 96 valence electrons. The van der Waals surface area contributed by atoms with Gasteiger partial charge in [0.15, 0.2) is 0 Å². The van der Waals surface area contributed by atoms with Gasteiger partial charge in [0.1, 0.15) is 11.6 Å². The summed E-state index contributed by atoms with van der Waals surface area (Å²) >= 11 is 1.62. The van der Waals surface area contributed by atoms with Crippen LogP contribution in [0.15, 0.2) is 12.1 Å². The molecule has 0 saturated heterocycles. The van der Waals surface area contributed by atoms with Crippen LogP contribution in [-0.2, 0) is 5.75 Å². The first-order valence-electron chi connectivity index (χ1n) is 5.82. The minimum absolute atomic E-state index is 0.227. The van der Waals surface area contributed by atoms with Crippen LogP contribution in [-0.4, -0.2) is 13.8 Å². The van der Waals surface area contributed by atoms with Gasteiger partial charge in [0.25, 0.3) is 0 Å². The van der Waals surface area contributed by atoms with Gasteiger partial charge in [0, 0.05) is 19.4 Å². The average molecular weight is 274 g/mol. The Morgan fingerprint density at radius 1 is 1.18 bits per heavy atom. The van der Waals surface area contributed by atoms with Crippen molar-refractivity contribution in [3.05, 3.63) is 34.9 Å². The van der Waals surface area contributed by atoms with Crippen molar-refractivity contribution in [2.24, 2.45) is 0 Å². The van der Waals surface area contributed by atoms with Gasteiger partial charge in [0.2, 0.25) is 0 Å². The van der Waals surface area contributed by atoms with Crippen LogP contribution in [0.1, 0.15) is 11.1 Å². The molecule has 0 aromatic heterocycles. The fraction of sp³-hybridized carbons (Fsp3) is 0.538. The van der Waals surface area contributed by atoms with Crippen molar-refractivity contribution in [3.63, 3.8) is 0 Å². The second-order valence-electron chi connectivity index (χ2n) is 5.52. The average Bonchev–Trinajstić information content (AvgIpc) is 2.21. The summed E-state index contributed by atoms with van der Waals surface area (Å²) in [5.41, 5.74) is 0.748. The van der Waals surface area contributed by atoms with E-state index in [2.05, 4.69) is 19.6 Å². The van der Waals surface area contributed by atoms with Crippen LogP contribution in [0, 0.1) is 18.6 Å². The Morgan fingerprint density at radius 3 is 2.41 bits per heavy atom. The number of halogens is 2. The van der Waals surface area contributed by atoms with E-state index in [0.29, 0.717) is 11.3 Å². The van der Waals surface area contributed by atoms with E-state index in [1.54, 1.807) is 18.7 Å². The summed E-state index contributed by atoms with van der Waals surface area (Å²) in [6.45, 7) is 8.59. The van der Waals surface area contributed by atoms with Gasteiger partial charge in [-0.05, 0) is 30.4 Å². The predicted octanol–water partition coefficient (Wildman–Crippen LogP) is 4.84. The Hall–Kier alpha value is -0.353. The SMILES string of the molecule is Cc1ccc(F)c(CSCC[Si](C)(C)C)c1F. The van der Waals surface area contributed by atoms with Crippen LogP contribution in [0.4, 0.5) is 8.78 Å². The highest BCUT2D eigenvalue weighted by molar-refractivity contribution is 7.98. The monoisotopic (exact) mass is 274 g/mol. The summed E-state index contributed by atoms with van der Waals surface area (Å²) in [4.78, 5) is 0. The molecule has 0 aliphatic heterocycles. The molecule has 1 aromatic carbocycles. The molecule has 0 aliphatic carbocycles. The summed E-state index contributed by atoms with van der Waals surface area (Å²) in [6.07, 6.45) is 0. The molecule has 0 aliphatic rings. The first-order valence-corrected chi connectivity index (χ1v) is 10.7. The third-order valence-electron chi connectivity index (χ3n) is 2.62. The highest BCUT2D eigenvalue weighted by Crippen LogP contribution is 2.23. The van der Waals surface area contributed by atoms with Crippen LogP contribution in [0.3, 0.4) is 0 Å². The van der Waals surface area contributed by atoms with Gasteiger partial charge in [-0.25, -0.2) is 8.78 Å². The quantitative estimate of drug-likeness (QED) is 0.546. The summed E-state index contributed by atoms with van der Waals surface area (Å²) in [7, 11) is -1.04. The summed E-state index contributed by atoms with van der Waals surface area (Å²) in [5.74, 6) is 0.617. The molecule has 0 bridgehead atoms. The molecule has 0 fully saturated rings. The fourth-order valence-electron chi connectivity index (χ4n) is 1.40. The smallest absolute Gasteiger partial charge is 0.133 e. The standard InChI is InChI=1S/C13H20F2SSi/c1-10-5-6-12(14)11(13(10)15)9-16-7-8-17(2,3)4/h5-6H,7-9H2,1-4H3. The molecule has 0 amide bonds. The van der Waals surface area contributed by atoms with Gasteiger partial charge in [-0.15, -0.1) is 0 Å². The third-order valence-corrected chi connectivity index (χ3v) is 5.72. The minimum Gasteiger partial charge on any atom is -0.207 e. The van der Waals surface area contributed by atoms with Crippen LogP contribution in [0.2, 0.25) is 25.7 Å². The Bertz CT molecular complexity index is 386. The van der Waals surface area contributed by atoms with Crippen molar-refractivity contribution in [1.29, 1.82) is 0 Å². The highest BCUT2D eigenvalue weighted by Gasteiger charge is 2.14. The lowest BCUT2D eigenvalue weighted by Crippen LogP contribution is -2.19. The number of rotatable bonds is 5.